The normalized spacial score (nSPS) is 14.9. The largest absolute Gasteiger partial charge is 0.490 e. The van der Waals surface area contributed by atoms with E-state index < -0.39 is 0 Å². The SMILES string of the molecule is CCCCCCCCCCc1cnc(-c2ccc(-c3ccc4c(c3)CC(C)O4)cc2)nc1. The summed E-state index contributed by atoms with van der Waals surface area (Å²) in [6, 6.07) is 15.1. The maximum absolute atomic E-state index is 5.82. The Morgan fingerprint density at radius 2 is 1.41 bits per heavy atom. The fourth-order valence-electron chi connectivity index (χ4n) is 4.51. The van der Waals surface area contributed by atoms with Crippen LogP contribution in [0.3, 0.4) is 0 Å². The van der Waals surface area contributed by atoms with Crippen molar-refractivity contribution in [2.45, 2.75) is 84.2 Å². The molecule has 0 aliphatic carbocycles. The van der Waals surface area contributed by atoms with Gasteiger partial charge in [-0.25, -0.2) is 9.97 Å². The zero-order valence-corrected chi connectivity index (χ0v) is 19.6. The molecular weight excluding hydrogens is 392 g/mol. The third kappa shape index (κ3) is 5.97. The van der Waals surface area contributed by atoms with Crippen LogP contribution in [0.5, 0.6) is 5.75 Å². The van der Waals surface area contributed by atoms with E-state index in [4.69, 9.17) is 4.74 Å². The lowest BCUT2D eigenvalue weighted by atomic mass is 10.00. The maximum Gasteiger partial charge on any atom is 0.159 e. The van der Waals surface area contributed by atoms with Crippen LogP contribution in [0.2, 0.25) is 0 Å². The van der Waals surface area contributed by atoms with Gasteiger partial charge < -0.3 is 4.74 Å². The highest BCUT2D eigenvalue weighted by molar-refractivity contribution is 5.69. The topological polar surface area (TPSA) is 35.0 Å². The van der Waals surface area contributed by atoms with Gasteiger partial charge in [-0.1, -0.05) is 82.2 Å². The molecule has 3 heteroatoms. The van der Waals surface area contributed by atoms with Crippen molar-refractivity contribution >= 4 is 0 Å². The van der Waals surface area contributed by atoms with Gasteiger partial charge in [-0.2, -0.15) is 0 Å². The predicted octanol–water partition coefficient (Wildman–Crippen LogP) is 7.82. The Morgan fingerprint density at radius 3 is 2.12 bits per heavy atom. The van der Waals surface area contributed by atoms with Crippen LogP contribution in [0.15, 0.2) is 54.9 Å². The van der Waals surface area contributed by atoms with E-state index in [-0.39, 0.29) is 6.10 Å². The van der Waals surface area contributed by atoms with Crippen molar-refractivity contribution in [2.75, 3.05) is 0 Å². The Labute approximate surface area is 193 Å². The smallest absolute Gasteiger partial charge is 0.159 e. The molecule has 0 bridgehead atoms. The first-order valence-electron chi connectivity index (χ1n) is 12.4. The van der Waals surface area contributed by atoms with E-state index in [0.29, 0.717) is 0 Å². The van der Waals surface area contributed by atoms with Gasteiger partial charge in [-0.05, 0) is 54.2 Å². The third-order valence-corrected chi connectivity index (χ3v) is 6.40. The molecule has 1 aliphatic heterocycles. The number of nitrogens with zero attached hydrogens (tertiary/aromatic N) is 2. The van der Waals surface area contributed by atoms with Crippen LogP contribution in [0.4, 0.5) is 0 Å². The summed E-state index contributed by atoms with van der Waals surface area (Å²) in [5.41, 5.74) is 6.04. The Bertz CT molecular complexity index is 979. The van der Waals surface area contributed by atoms with E-state index in [2.05, 4.69) is 66.3 Å². The number of benzene rings is 2. The Morgan fingerprint density at radius 1 is 0.781 bits per heavy atom. The van der Waals surface area contributed by atoms with Crippen molar-refractivity contribution in [1.82, 2.24) is 9.97 Å². The molecule has 0 amide bonds. The number of unbranched alkanes of at least 4 members (excludes halogenated alkanes) is 7. The number of ether oxygens (including phenoxy) is 1. The molecule has 0 radical (unpaired) electrons. The molecule has 3 nitrogen and oxygen atoms in total. The van der Waals surface area contributed by atoms with Crippen LogP contribution < -0.4 is 4.74 Å². The summed E-state index contributed by atoms with van der Waals surface area (Å²) in [6.07, 6.45) is 17.1. The molecule has 0 saturated carbocycles. The van der Waals surface area contributed by atoms with E-state index in [1.165, 1.54) is 73.6 Å². The first kappa shape index (κ1) is 22.5. The standard InChI is InChI=1S/C29H36N2O/c1-3-4-5-6-7-8-9-10-11-23-20-30-29(31-21-23)25-14-12-24(13-15-25)26-16-17-28-27(19-26)18-22(2)32-28/h12-17,19-22H,3-11,18H2,1-2H3. The number of fused-ring (bicyclic) bond motifs is 1. The number of hydrogen-bond acceptors (Lipinski definition) is 3. The quantitative estimate of drug-likeness (QED) is 0.292. The lowest BCUT2D eigenvalue weighted by molar-refractivity contribution is 0.254. The van der Waals surface area contributed by atoms with Gasteiger partial charge in [0.25, 0.3) is 0 Å². The number of hydrogen-bond donors (Lipinski definition) is 0. The van der Waals surface area contributed by atoms with E-state index in [0.717, 1.165) is 30.0 Å². The fraction of sp³-hybridized carbons (Fsp3) is 0.448. The van der Waals surface area contributed by atoms with Crippen molar-refractivity contribution in [3.8, 4) is 28.3 Å². The van der Waals surface area contributed by atoms with E-state index >= 15 is 0 Å². The molecular formula is C29H36N2O. The monoisotopic (exact) mass is 428 g/mol. The van der Waals surface area contributed by atoms with Gasteiger partial charge in [0.1, 0.15) is 11.9 Å². The Hall–Kier alpha value is -2.68. The number of aryl methyl sites for hydroxylation is 1. The van der Waals surface area contributed by atoms with Crippen LogP contribution in [-0.4, -0.2) is 16.1 Å². The molecule has 4 rings (SSSR count). The second-order valence-electron chi connectivity index (χ2n) is 9.17. The second kappa shape index (κ2) is 11.3. The molecule has 1 aliphatic rings. The third-order valence-electron chi connectivity index (χ3n) is 6.40. The van der Waals surface area contributed by atoms with Crippen molar-refractivity contribution in [3.05, 3.63) is 66.0 Å². The molecule has 32 heavy (non-hydrogen) atoms. The summed E-state index contributed by atoms with van der Waals surface area (Å²) >= 11 is 0. The molecule has 3 aromatic rings. The van der Waals surface area contributed by atoms with Crippen LogP contribution in [0.25, 0.3) is 22.5 Å². The molecule has 1 aromatic heterocycles. The summed E-state index contributed by atoms with van der Waals surface area (Å²) in [6.45, 7) is 4.39. The van der Waals surface area contributed by atoms with Crippen molar-refractivity contribution < 1.29 is 4.74 Å². The van der Waals surface area contributed by atoms with Crippen molar-refractivity contribution in [2.24, 2.45) is 0 Å². The van der Waals surface area contributed by atoms with Gasteiger partial charge in [0.15, 0.2) is 5.82 Å². The number of aromatic nitrogens is 2. The minimum atomic E-state index is 0.276. The van der Waals surface area contributed by atoms with Gasteiger partial charge in [0, 0.05) is 24.4 Å². The van der Waals surface area contributed by atoms with Crippen LogP contribution >= 0.6 is 0 Å². The Kier molecular flexibility index (Phi) is 7.92. The van der Waals surface area contributed by atoms with Crippen LogP contribution in [-0.2, 0) is 12.8 Å². The Balaban J connectivity index is 1.28. The molecule has 2 heterocycles. The summed E-state index contributed by atoms with van der Waals surface area (Å²) in [5.74, 6) is 1.82. The lowest BCUT2D eigenvalue weighted by Crippen LogP contribution is -2.05. The zero-order valence-electron chi connectivity index (χ0n) is 19.6. The predicted molar refractivity (Wildman–Crippen MR) is 133 cm³/mol. The maximum atomic E-state index is 5.82. The fourth-order valence-corrected chi connectivity index (χ4v) is 4.51. The highest BCUT2D eigenvalue weighted by Gasteiger charge is 2.19. The van der Waals surface area contributed by atoms with E-state index in [1.807, 2.05) is 12.4 Å². The van der Waals surface area contributed by atoms with Crippen LogP contribution in [0, 0.1) is 0 Å². The molecule has 1 unspecified atom stereocenters. The first-order chi connectivity index (χ1) is 15.7. The molecule has 0 spiro atoms. The van der Waals surface area contributed by atoms with Gasteiger partial charge in [-0.15, -0.1) is 0 Å². The van der Waals surface area contributed by atoms with Crippen molar-refractivity contribution in [3.63, 3.8) is 0 Å². The lowest BCUT2D eigenvalue weighted by Gasteiger charge is -2.07. The minimum absolute atomic E-state index is 0.276. The molecule has 168 valence electrons. The average molecular weight is 429 g/mol. The van der Waals surface area contributed by atoms with Gasteiger partial charge in [0.05, 0.1) is 0 Å². The number of rotatable bonds is 11. The van der Waals surface area contributed by atoms with Gasteiger partial charge in [0.2, 0.25) is 0 Å². The van der Waals surface area contributed by atoms with Gasteiger partial charge in [-0.3, -0.25) is 0 Å². The molecule has 0 saturated heterocycles. The average Bonchev–Trinajstić information content (AvgIpc) is 3.20. The molecule has 0 N–H and O–H groups in total. The zero-order chi connectivity index (χ0) is 22.2. The first-order valence-corrected chi connectivity index (χ1v) is 12.4. The van der Waals surface area contributed by atoms with Crippen LogP contribution in [0.1, 0.15) is 76.3 Å². The summed E-state index contributed by atoms with van der Waals surface area (Å²) in [7, 11) is 0. The second-order valence-corrected chi connectivity index (χ2v) is 9.17. The summed E-state index contributed by atoms with van der Waals surface area (Å²) in [5, 5.41) is 0. The van der Waals surface area contributed by atoms with E-state index in [1.54, 1.807) is 0 Å². The van der Waals surface area contributed by atoms with Crippen molar-refractivity contribution in [1.29, 1.82) is 0 Å². The molecule has 1 atom stereocenters. The van der Waals surface area contributed by atoms with Gasteiger partial charge >= 0.3 is 0 Å². The summed E-state index contributed by atoms with van der Waals surface area (Å²) < 4.78 is 5.82. The molecule has 0 fully saturated rings. The summed E-state index contributed by atoms with van der Waals surface area (Å²) in [4.78, 5) is 9.26. The minimum Gasteiger partial charge on any atom is -0.490 e. The highest BCUT2D eigenvalue weighted by Crippen LogP contribution is 2.33. The molecule has 2 aromatic carbocycles. The van der Waals surface area contributed by atoms with E-state index in [9.17, 15) is 0 Å². The highest BCUT2D eigenvalue weighted by atomic mass is 16.5.